The number of rotatable bonds is 10. The first-order valence-electron chi connectivity index (χ1n) is 10.6. The summed E-state index contributed by atoms with van der Waals surface area (Å²) < 4.78 is 5.35. The van der Waals surface area contributed by atoms with Crippen LogP contribution in [0.25, 0.3) is 0 Å². The van der Waals surface area contributed by atoms with Gasteiger partial charge in [0.05, 0.1) is 18.1 Å². The Morgan fingerprint density at radius 2 is 1.69 bits per heavy atom. The topological polar surface area (TPSA) is 46.5 Å². The van der Waals surface area contributed by atoms with Crippen LogP contribution >= 0.6 is 0 Å². The number of esters is 1. The summed E-state index contributed by atoms with van der Waals surface area (Å²) in [6.45, 7) is 4.84. The van der Waals surface area contributed by atoms with Crippen LogP contribution in [0.5, 0.6) is 0 Å². The van der Waals surface area contributed by atoms with Gasteiger partial charge in [-0.2, -0.15) is 0 Å². The minimum Gasteiger partial charge on any atom is -0.465 e. The molecule has 0 bridgehead atoms. The van der Waals surface area contributed by atoms with E-state index in [1.807, 2.05) is 0 Å². The zero-order valence-electron chi connectivity index (χ0n) is 16.6. The lowest BCUT2D eigenvalue weighted by molar-refractivity contribution is -0.151. The Kier molecular flexibility index (Phi) is 8.64. The highest BCUT2D eigenvalue weighted by molar-refractivity contribution is 5.72. The average Bonchev–Trinajstić information content (AvgIpc) is 2.66. The highest BCUT2D eigenvalue weighted by atomic mass is 16.5. The third kappa shape index (κ3) is 6.12. The molecular weight excluding hydrogens is 324 g/mol. The van der Waals surface area contributed by atoms with E-state index in [9.17, 15) is 9.90 Å². The molecule has 2 rings (SSSR count). The first-order chi connectivity index (χ1) is 12.6. The van der Waals surface area contributed by atoms with Crippen molar-refractivity contribution in [2.24, 2.45) is 5.92 Å². The van der Waals surface area contributed by atoms with Crippen molar-refractivity contribution < 1.29 is 14.6 Å². The predicted octanol–water partition coefficient (Wildman–Crippen LogP) is 5.53. The highest BCUT2D eigenvalue weighted by Gasteiger charge is 2.37. The van der Waals surface area contributed by atoms with Gasteiger partial charge >= 0.3 is 5.97 Å². The number of aryl methyl sites for hydroxylation is 1. The van der Waals surface area contributed by atoms with Gasteiger partial charge in [0.15, 0.2) is 0 Å². The maximum absolute atomic E-state index is 12.1. The number of ether oxygens (including phenoxy) is 1. The van der Waals surface area contributed by atoms with Crippen LogP contribution in [-0.4, -0.2) is 17.7 Å². The number of benzene rings is 1. The van der Waals surface area contributed by atoms with E-state index in [2.05, 4.69) is 38.1 Å². The maximum atomic E-state index is 12.1. The summed E-state index contributed by atoms with van der Waals surface area (Å²) in [5.74, 6) is -0.132. The summed E-state index contributed by atoms with van der Waals surface area (Å²) in [7, 11) is 0. The lowest BCUT2D eigenvalue weighted by atomic mass is 9.75. The average molecular weight is 361 g/mol. The number of carbonyl (C=O) groups excluding carboxylic acids is 1. The zero-order valence-corrected chi connectivity index (χ0v) is 16.6. The largest absolute Gasteiger partial charge is 0.465 e. The van der Waals surface area contributed by atoms with Gasteiger partial charge in [0.1, 0.15) is 0 Å². The molecule has 3 nitrogen and oxygen atoms in total. The third-order valence-corrected chi connectivity index (χ3v) is 5.70. The molecular formula is C23H36O3. The Bertz CT molecular complexity index is 527. The van der Waals surface area contributed by atoms with Crippen molar-refractivity contribution in [3.05, 3.63) is 35.4 Å². The zero-order chi connectivity index (χ0) is 18.8. The first kappa shape index (κ1) is 21.0. The first-order valence-corrected chi connectivity index (χ1v) is 10.6. The predicted molar refractivity (Wildman–Crippen MR) is 106 cm³/mol. The van der Waals surface area contributed by atoms with Gasteiger partial charge in [0.25, 0.3) is 0 Å². The summed E-state index contributed by atoms with van der Waals surface area (Å²) in [6, 6.07) is 8.47. The van der Waals surface area contributed by atoms with E-state index in [4.69, 9.17) is 4.74 Å². The summed E-state index contributed by atoms with van der Waals surface area (Å²) >= 11 is 0. The molecule has 0 aliphatic heterocycles. The lowest BCUT2D eigenvalue weighted by Gasteiger charge is -2.35. The van der Waals surface area contributed by atoms with E-state index in [0.717, 1.165) is 24.8 Å². The maximum Gasteiger partial charge on any atom is 0.308 e. The van der Waals surface area contributed by atoms with Gasteiger partial charge in [0.2, 0.25) is 0 Å². The van der Waals surface area contributed by atoms with Gasteiger partial charge in [-0.05, 0) is 56.1 Å². The third-order valence-electron chi connectivity index (χ3n) is 5.70. The van der Waals surface area contributed by atoms with Crippen LogP contribution in [0.1, 0.15) is 89.2 Å². The molecule has 1 fully saturated rings. The molecule has 0 heterocycles. The molecule has 1 aliphatic carbocycles. The Hall–Kier alpha value is -1.35. The smallest absolute Gasteiger partial charge is 0.308 e. The van der Waals surface area contributed by atoms with Gasteiger partial charge in [-0.25, -0.2) is 0 Å². The molecule has 0 aromatic heterocycles. The van der Waals surface area contributed by atoms with Crippen LogP contribution in [0.4, 0.5) is 0 Å². The van der Waals surface area contributed by atoms with E-state index >= 15 is 0 Å². The number of hydrogen-bond donors (Lipinski definition) is 1. The molecule has 3 heteroatoms. The molecule has 0 radical (unpaired) electrons. The lowest BCUT2D eigenvalue weighted by Crippen LogP contribution is -2.34. The van der Waals surface area contributed by atoms with Crippen LogP contribution in [0.2, 0.25) is 0 Å². The Morgan fingerprint density at radius 1 is 1.04 bits per heavy atom. The summed E-state index contributed by atoms with van der Waals surface area (Å²) in [4.78, 5) is 12.1. The summed E-state index contributed by atoms with van der Waals surface area (Å²) in [5, 5.41) is 11.0. The molecule has 0 spiro atoms. The number of hydrogen-bond acceptors (Lipinski definition) is 3. The molecule has 26 heavy (non-hydrogen) atoms. The van der Waals surface area contributed by atoms with Crippen LogP contribution in [0, 0.1) is 5.92 Å². The van der Waals surface area contributed by atoms with Crippen molar-refractivity contribution in [3.8, 4) is 0 Å². The molecule has 0 amide bonds. The number of carbonyl (C=O) groups is 1. The van der Waals surface area contributed by atoms with Crippen LogP contribution < -0.4 is 0 Å². The second kappa shape index (κ2) is 10.7. The standard InChI is InChI=1S/C23H36O3/c1-3-5-7-8-9-19-10-12-21(13-11-19)23(25)16-14-20(15-17-23)22(24)26-18-6-4-2/h10-13,20,25H,3-9,14-18H2,1-2H3. The molecule has 1 N–H and O–H groups in total. The molecule has 0 unspecified atom stereocenters. The normalized spacial score (nSPS) is 23.0. The van der Waals surface area contributed by atoms with Crippen LogP contribution in [0.15, 0.2) is 24.3 Å². The van der Waals surface area contributed by atoms with Gasteiger partial charge in [-0.15, -0.1) is 0 Å². The Labute approximate surface area is 159 Å². The highest BCUT2D eigenvalue weighted by Crippen LogP contribution is 2.40. The monoisotopic (exact) mass is 360 g/mol. The van der Waals surface area contributed by atoms with E-state index in [-0.39, 0.29) is 11.9 Å². The van der Waals surface area contributed by atoms with Crippen LogP contribution in [0.3, 0.4) is 0 Å². The van der Waals surface area contributed by atoms with Gasteiger partial charge in [-0.3, -0.25) is 4.79 Å². The minimum atomic E-state index is -0.791. The SMILES string of the molecule is CCCCCCc1ccc(C2(O)CCC(C(=O)OCCCC)CC2)cc1. The van der Waals surface area contributed by atoms with E-state index in [1.54, 1.807) is 0 Å². The van der Waals surface area contributed by atoms with E-state index in [0.29, 0.717) is 32.3 Å². The summed E-state index contributed by atoms with van der Waals surface area (Å²) in [6.07, 6.45) is 10.9. The fourth-order valence-corrected chi connectivity index (χ4v) is 3.79. The quantitative estimate of drug-likeness (QED) is 0.441. The van der Waals surface area contributed by atoms with E-state index in [1.165, 1.54) is 31.2 Å². The van der Waals surface area contributed by atoms with Gasteiger partial charge in [0, 0.05) is 0 Å². The molecule has 1 aliphatic rings. The van der Waals surface area contributed by atoms with Crippen molar-refractivity contribution >= 4 is 5.97 Å². The Balaban J connectivity index is 1.83. The van der Waals surface area contributed by atoms with E-state index < -0.39 is 5.60 Å². The van der Waals surface area contributed by atoms with Crippen molar-refractivity contribution in [1.82, 2.24) is 0 Å². The van der Waals surface area contributed by atoms with Gasteiger partial charge in [-0.1, -0.05) is 63.8 Å². The number of unbranched alkanes of at least 4 members (excludes halogenated alkanes) is 4. The fraction of sp³-hybridized carbons (Fsp3) is 0.696. The summed E-state index contributed by atoms with van der Waals surface area (Å²) in [5.41, 5.74) is 1.55. The number of aliphatic hydroxyl groups is 1. The van der Waals surface area contributed by atoms with Crippen molar-refractivity contribution in [1.29, 1.82) is 0 Å². The van der Waals surface area contributed by atoms with Crippen molar-refractivity contribution in [2.75, 3.05) is 6.61 Å². The molecule has 0 saturated heterocycles. The molecule has 1 saturated carbocycles. The minimum absolute atomic E-state index is 0.0510. The second-order valence-corrected chi connectivity index (χ2v) is 7.83. The molecule has 1 aromatic rings. The fourth-order valence-electron chi connectivity index (χ4n) is 3.79. The van der Waals surface area contributed by atoms with Crippen molar-refractivity contribution in [2.45, 2.75) is 90.1 Å². The molecule has 1 aromatic carbocycles. The van der Waals surface area contributed by atoms with Gasteiger partial charge < -0.3 is 9.84 Å². The molecule has 0 atom stereocenters. The van der Waals surface area contributed by atoms with Crippen molar-refractivity contribution in [3.63, 3.8) is 0 Å². The second-order valence-electron chi connectivity index (χ2n) is 7.83. The Morgan fingerprint density at radius 3 is 2.31 bits per heavy atom. The van der Waals surface area contributed by atoms with Crippen LogP contribution in [-0.2, 0) is 21.6 Å². The molecule has 146 valence electrons.